The van der Waals surface area contributed by atoms with E-state index in [9.17, 15) is 4.79 Å². The van der Waals surface area contributed by atoms with Crippen molar-refractivity contribution < 1.29 is 9.90 Å². The zero-order chi connectivity index (χ0) is 14.9. The number of allylic oxidation sites excluding steroid dienone is 1. The molecule has 2 heterocycles. The molecule has 1 N–H and O–H groups in total. The second-order valence-electron chi connectivity index (χ2n) is 4.25. The summed E-state index contributed by atoms with van der Waals surface area (Å²) in [4.78, 5) is 15.2. The van der Waals surface area contributed by atoms with Gasteiger partial charge in [-0.2, -0.15) is 5.10 Å². The molecule has 0 bridgehead atoms. The van der Waals surface area contributed by atoms with Gasteiger partial charge in [0.2, 0.25) is 0 Å². The number of imidazole rings is 1. The van der Waals surface area contributed by atoms with Crippen LogP contribution in [-0.2, 0) is 17.9 Å². The molecule has 20 heavy (non-hydrogen) atoms. The number of hydrogen-bond donors (Lipinski definition) is 1. The molecule has 108 valence electrons. The third-order valence-electron chi connectivity index (χ3n) is 2.72. The summed E-state index contributed by atoms with van der Waals surface area (Å²) in [6.45, 7) is 8.65. The maximum atomic E-state index is 10.7. The third-order valence-corrected chi connectivity index (χ3v) is 3.80. The summed E-state index contributed by atoms with van der Waals surface area (Å²) in [5.41, 5.74) is 2.44. The molecule has 0 saturated carbocycles. The Morgan fingerprint density at radius 3 is 2.80 bits per heavy atom. The van der Waals surface area contributed by atoms with Crippen molar-refractivity contribution in [3.8, 4) is 0 Å². The summed E-state index contributed by atoms with van der Waals surface area (Å²) in [6.07, 6.45) is 0. The van der Waals surface area contributed by atoms with E-state index in [2.05, 4.69) is 16.7 Å². The first kappa shape index (κ1) is 14.9. The Morgan fingerprint density at radius 2 is 2.25 bits per heavy atom. The second-order valence-corrected chi connectivity index (χ2v) is 5.73. The normalized spacial score (nSPS) is 11.2. The number of carbonyl (C=O) groups is 1. The molecule has 0 aliphatic rings. The summed E-state index contributed by atoms with van der Waals surface area (Å²) >= 11 is 7.08. The van der Waals surface area contributed by atoms with Gasteiger partial charge < -0.3 is 5.11 Å². The zero-order valence-electron chi connectivity index (χ0n) is 11.3. The van der Waals surface area contributed by atoms with Crippen LogP contribution < -0.4 is 0 Å². The molecule has 8 heteroatoms. The molecule has 0 radical (unpaired) electrons. The van der Waals surface area contributed by atoms with Crippen LogP contribution in [0, 0.1) is 6.92 Å². The van der Waals surface area contributed by atoms with E-state index in [1.54, 1.807) is 0 Å². The van der Waals surface area contributed by atoms with E-state index in [0.29, 0.717) is 23.3 Å². The van der Waals surface area contributed by atoms with Crippen molar-refractivity contribution in [3.63, 3.8) is 0 Å². The molecular weight excluding hydrogens is 300 g/mol. The van der Waals surface area contributed by atoms with Gasteiger partial charge in [-0.15, -0.1) is 0 Å². The average Bonchev–Trinajstić information content (AvgIpc) is 2.86. The number of rotatable bonds is 6. The number of aryl methyl sites for hydroxylation is 2. The summed E-state index contributed by atoms with van der Waals surface area (Å²) in [5.74, 6) is -0.931. The fraction of sp³-hybridized carbons (Fsp3) is 0.417. The monoisotopic (exact) mass is 314 g/mol. The van der Waals surface area contributed by atoms with Crippen LogP contribution in [0.25, 0.3) is 11.2 Å². The van der Waals surface area contributed by atoms with Crippen molar-refractivity contribution in [2.45, 2.75) is 32.1 Å². The van der Waals surface area contributed by atoms with Crippen molar-refractivity contribution in [2.75, 3.05) is 5.75 Å². The van der Waals surface area contributed by atoms with E-state index in [-0.39, 0.29) is 5.75 Å². The lowest BCUT2D eigenvalue weighted by Crippen LogP contribution is -2.08. The van der Waals surface area contributed by atoms with Crippen molar-refractivity contribution in [2.24, 2.45) is 0 Å². The molecule has 0 amide bonds. The highest BCUT2D eigenvalue weighted by molar-refractivity contribution is 7.99. The van der Waals surface area contributed by atoms with Crippen LogP contribution in [0.5, 0.6) is 0 Å². The van der Waals surface area contributed by atoms with Gasteiger partial charge in [0.1, 0.15) is 5.52 Å². The fourth-order valence-corrected chi connectivity index (χ4v) is 2.81. The van der Waals surface area contributed by atoms with Gasteiger partial charge in [0, 0.05) is 11.6 Å². The van der Waals surface area contributed by atoms with Gasteiger partial charge in [-0.25, -0.2) is 9.67 Å². The lowest BCUT2D eigenvalue weighted by Gasteiger charge is -2.08. The molecule has 0 saturated heterocycles. The van der Waals surface area contributed by atoms with Gasteiger partial charge in [-0.3, -0.25) is 9.36 Å². The molecule has 0 aliphatic carbocycles. The third kappa shape index (κ3) is 2.83. The number of hydrogen-bond acceptors (Lipinski definition) is 4. The summed E-state index contributed by atoms with van der Waals surface area (Å²) in [6, 6.07) is 0. The predicted octanol–water partition coefficient (Wildman–Crippen LogP) is 2.49. The van der Waals surface area contributed by atoms with Gasteiger partial charge in [0.15, 0.2) is 10.8 Å². The number of carboxylic acids is 1. The number of halogens is 1. The van der Waals surface area contributed by atoms with E-state index in [1.165, 1.54) is 11.8 Å². The molecule has 0 fully saturated rings. The van der Waals surface area contributed by atoms with Crippen LogP contribution >= 0.6 is 23.4 Å². The largest absolute Gasteiger partial charge is 0.481 e. The zero-order valence-corrected chi connectivity index (χ0v) is 12.8. The lowest BCUT2D eigenvalue weighted by atomic mass is 10.4. The van der Waals surface area contributed by atoms with Crippen LogP contribution in [0.2, 0.25) is 0 Å². The Bertz CT molecular complexity index is 677. The lowest BCUT2D eigenvalue weighted by molar-refractivity contribution is -0.133. The number of aromatic nitrogens is 4. The first-order valence-corrected chi connectivity index (χ1v) is 7.41. The van der Waals surface area contributed by atoms with Crippen molar-refractivity contribution in [3.05, 3.63) is 17.3 Å². The minimum Gasteiger partial charge on any atom is -0.481 e. The molecule has 2 aromatic heterocycles. The van der Waals surface area contributed by atoms with Crippen molar-refractivity contribution in [1.82, 2.24) is 19.3 Å². The van der Waals surface area contributed by atoms with Gasteiger partial charge in [0.05, 0.1) is 18.0 Å². The fourth-order valence-electron chi connectivity index (χ4n) is 1.98. The number of thioether (sulfide) groups is 1. The minimum absolute atomic E-state index is 0.0486. The molecule has 2 rings (SSSR count). The van der Waals surface area contributed by atoms with Crippen LogP contribution in [0.4, 0.5) is 0 Å². The second kappa shape index (κ2) is 5.88. The van der Waals surface area contributed by atoms with Gasteiger partial charge >= 0.3 is 5.97 Å². The SMILES string of the molecule is C=C(Cl)Cn1c(SCC(=O)O)nc2c(C)nn(CC)c21. The van der Waals surface area contributed by atoms with Gasteiger partial charge in [0.25, 0.3) is 0 Å². The van der Waals surface area contributed by atoms with E-state index in [1.807, 2.05) is 23.1 Å². The van der Waals surface area contributed by atoms with Crippen LogP contribution in [0.1, 0.15) is 12.6 Å². The summed E-state index contributed by atoms with van der Waals surface area (Å²) < 4.78 is 3.70. The predicted molar refractivity (Wildman–Crippen MR) is 79.3 cm³/mol. The Labute approximate surface area is 125 Å². The minimum atomic E-state index is -0.882. The van der Waals surface area contributed by atoms with Crippen molar-refractivity contribution in [1.29, 1.82) is 0 Å². The Morgan fingerprint density at radius 1 is 1.55 bits per heavy atom. The Hall–Kier alpha value is -1.47. The number of nitrogens with zero attached hydrogens (tertiary/aromatic N) is 4. The van der Waals surface area contributed by atoms with Crippen LogP contribution in [0.3, 0.4) is 0 Å². The number of carboxylic acid groups (broad SMARTS) is 1. The van der Waals surface area contributed by atoms with Crippen LogP contribution in [-0.4, -0.2) is 36.2 Å². The molecular formula is C12H15ClN4O2S. The van der Waals surface area contributed by atoms with E-state index < -0.39 is 5.97 Å². The van der Waals surface area contributed by atoms with Gasteiger partial charge in [-0.05, 0) is 13.8 Å². The Balaban J connectivity index is 2.55. The quantitative estimate of drug-likeness (QED) is 0.829. The summed E-state index contributed by atoms with van der Waals surface area (Å²) in [7, 11) is 0. The number of fused-ring (bicyclic) bond motifs is 1. The first-order chi connectivity index (χ1) is 9.43. The topological polar surface area (TPSA) is 72.9 Å². The smallest absolute Gasteiger partial charge is 0.313 e. The summed E-state index contributed by atoms with van der Waals surface area (Å²) in [5, 5.41) is 14.3. The standard InChI is InChI=1S/C12H15ClN4O2S/c1-4-17-11-10(8(3)15-17)14-12(20-6-9(18)19)16(11)5-7(2)13/h2,4-6H2,1,3H3,(H,18,19). The molecule has 0 aromatic carbocycles. The van der Waals surface area contributed by atoms with Crippen LogP contribution in [0.15, 0.2) is 16.8 Å². The van der Waals surface area contributed by atoms with E-state index >= 15 is 0 Å². The van der Waals surface area contributed by atoms with Crippen molar-refractivity contribution >= 4 is 40.5 Å². The average molecular weight is 315 g/mol. The van der Waals surface area contributed by atoms with E-state index in [4.69, 9.17) is 16.7 Å². The highest BCUT2D eigenvalue weighted by Crippen LogP contribution is 2.27. The first-order valence-electron chi connectivity index (χ1n) is 6.05. The molecule has 6 nitrogen and oxygen atoms in total. The molecule has 0 spiro atoms. The molecule has 0 aliphatic heterocycles. The maximum Gasteiger partial charge on any atom is 0.313 e. The van der Waals surface area contributed by atoms with E-state index in [0.717, 1.165) is 16.9 Å². The highest BCUT2D eigenvalue weighted by atomic mass is 35.5. The highest BCUT2D eigenvalue weighted by Gasteiger charge is 2.19. The molecule has 0 atom stereocenters. The molecule has 0 unspecified atom stereocenters. The number of aliphatic carboxylic acids is 1. The van der Waals surface area contributed by atoms with Gasteiger partial charge in [-0.1, -0.05) is 29.9 Å². The Kier molecular flexibility index (Phi) is 4.39. The maximum absolute atomic E-state index is 10.7. The molecule has 2 aromatic rings.